The Labute approximate surface area is 156 Å². The van der Waals surface area contributed by atoms with Gasteiger partial charge in [0.1, 0.15) is 5.82 Å². The summed E-state index contributed by atoms with van der Waals surface area (Å²) >= 11 is 0. The van der Waals surface area contributed by atoms with E-state index in [1.54, 1.807) is 42.9 Å². The summed E-state index contributed by atoms with van der Waals surface area (Å²) in [6.07, 6.45) is 4.89. The first-order valence-corrected chi connectivity index (χ1v) is 8.44. The van der Waals surface area contributed by atoms with Gasteiger partial charge in [-0.15, -0.1) is 0 Å². The van der Waals surface area contributed by atoms with Crippen molar-refractivity contribution in [1.82, 2.24) is 15.0 Å². The summed E-state index contributed by atoms with van der Waals surface area (Å²) in [5, 5.41) is 3.12. The first kappa shape index (κ1) is 18.4. The van der Waals surface area contributed by atoms with Crippen molar-refractivity contribution < 1.29 is 9.18 Å². The Balaban J connectivity index is 1.72. The van der Waals surface area contributed by atoms with Crippen LogP contribution in [0.3, 0.4) is 0 Å². The van der Waals surface area contributed by atoms with Crippen LogP contribution in [0.4, 0.5) is 10.3 Å². The summed E-state index contributed by atoms with van der Waals surface area (Å²) in [6.45, 7) is 4.21. The van der Waals surface area contributed by atoms with Crippen molar-refractivity contribution >= 4 is 11.9 Å². The van der Waals surface area contributed by atoms with E-state index in [9.17, 15) is 9.18 Å². The van der Waals surface area contributed by atoms with E-state index >= 15 is 0 Å². The van der Waals surface area contributed by atoms with Crippen molar-refractivity contribution in [2.75, 3.05) is 11.9 Å². The molecule has 3 rings (SSSR count). The predicted molar refractivity (Wildman–Crippen MR) is 102 cm³/mol. The second kappa shape index (κ2) is 7.49. The summed E-state index contributed by atoms with van der Waals surface area (Å²) < 4.78 is 14.0. The highest BCUT2D eigenvalue weighted by atomic mass is 19.1. The summed E-state index contributed by atoms with van der Waals surface area (Å²) in [5.74, 6) is -0.399. The predicted octanol–water partition coefficient (Wildman–Crippen LogP) is 3.17. The fraction of sp³-hybridized carbons (Fsp3) is 0.200. The Morgan fingerprint density at radius 3 is 2.52 bits per heavy atom. The zero-order valence-electron chi connectivity index (χ0n) is 15.1. The largest absolute Gasteiger partial charge is 0.366 e. The molecule has 2 heterocycles. The first-order chi connectivity index (χ1) is 12.9. The van der Waals surface area contributed by atoms with Crippen LogP contribution in [0.5, 0.6) is 0 Å². The Morgan fingerprint density at radius 2 is 1.85 bits per heavy atom. The van der Waals surface area contributed by atoms with Gasteiger partial charge in [-0.05, 0) is 29.8 Å². The molecule has 0 atom stereocenters. The van der Waals surface area contributed by atoms with E-state index in [4.69, 9.17) is 5.73 Å². The van der Waals surface area contributed by atoms with Gasteiger partial charge in [0.15, 0.2) is 0 Å². The van der Waals surface area contributed by atoms with Crippen LogP contribution in [0.1, 0.15) is 29.9 Å². The van der Waals surface area contributed by atoms with Gasteiger partial charge in [0.2, 0.25) is 11.9 Å². The molecule has 2 aromatic heterocycles. The Kier molecular flexibility index (Phi) is 5.12. The van der Waals surface area contributed by atoms with Crippen LogP contribution in [0.25, 0.3) is 11.1 Å². The lowest BCUT2D eigenvalue weighted by Crippen LogP contribution is -2.30. The number of halogens is 1. The molecule has 138 valence electrons. The number of carbonyl (C=O) groups excluding carboxylic acids is 1. The molecule has 0 spiro atoms. The quantitative estimate of drug-likeness (QED) is 0.700. The number of aromatic nitrogens is 3. The van der Waals surface area contributed by atoms with Crippen LogP contribution in [0.15, 0.2) is 55.0 Å². The standard InChI is InChI=1S/C20H20FN5O/c1-20(2,17-16(21)7-4-8-23-17)12-26-19-24-10-15(11-25-19)13-5-3-6-14(9-13)18(22)27/h3-11H,12H2,1-2H3,(H2,22,27)(H,24,25,26). The van der Waals surface area contributed by atoms with Crippen LogP contribution in [-0.4, -0.2) is 27.4 Å². The number of hydrogen-bond donors (Lipinski definition) is 2. The fourth-order valence-electron chi connectivity index (χ4n) is 2.69. The molecular formula is C20H20FN5O. The lowest BCUT2D eigenvalue weighted by Gasteiger charge is -2.24. The molecule has 0 unspecified atom stereocenters. The molecular weight excluding hydrogens is 345 g/mol. The highest BCUT2D eigenvalue weighted by Crippen LogP contribution is 2.24. The van der Waals surface area contributed by atoms with Crippen molar-refractivity contribution in [1.29, 1.82) is 0 Å². The average molecular weight is 365 g/mol. The van der Waals surface area contributed by atoms with Crippen LogP contribution < -0.4 is 11.1 Å². The fourth-order valence-corrected chi connectivity index (χ4v) is 2.69. The molecule has 7 heteroatoms. The molecule has 0 radical (unpaired) electrons. The maximum absolute atomic E-state index is 14.0. The topological polar surface area (TPSA) is 93.8 Å². The minimum atomic E-state index is -0.538. The molecule has 3 aromatic rings. The first-order valence-electron chi connectivity index (χ1n) is 8.44. The van der Waals surface area contributed by atoms with Crippen molar-refractivity contribution in [2.24, 2.45) is 5.73 Å². The van der Waals surface area contributed by atoms with Crippen LogP contribution >= 0.6 is 0 Å². The lowest BCUT2D eigenvalue weighted by atomic mass is 9.88. The third-order valence-electron chi connectivity index (χ3n) is 4.22. The highest BCUT2D eigenvalue weighted by Gasteiger charge is 2.25. The number of carbonyl (C=O) groups is 1. The van der Waals surface area contributed by atoms with Crippen molar-refractivity contribution in [3.8, 4) is 11.1 Å². The van der Waals surface area contributed by atoms with Crippen LogP contribution in [-0.2, 0) is 5.41 Å². The van der Waals surface area contributed by atoms with Crippen LogP contribution in [0, 0.1) is 5.82 Å². The summed E-state index contributed by atoms with van der Waals surface area (Å²) in [4.78, 5) is 24.0. The number of hydrogen-bond acceptors (Lipinski definition) is 5. The van der Waals surface area contributed by atoms with Gasteiger partial charge < -0.3 is 11.1 Å². The molecule has 27 heavy (non-hydrogen) atoms. The molecule has 0 aliphatic carbocycles. The van der Waals surface area contributed by atoms with E-state index < -0.39 is 11.3 Å². The molecule has 0 saturated heterocycles. The van der Waals surface area contributed by atoms with Crippen molar-refractivity contribution in [3.63, 3.8) is 0 Å². The third kappa shape index (κ3) is 4.25. The van der Waals surface area contributed by atoms with E-state index in [0.29, 0.717) is 23.8 Å². The number of nitrogens with zero attached hydrogens (tertiary/aromatic N) is 3. The van der Waals surface area contributed by atoms with E-state index in [1.807, 2.05) is 19.9 Å². The maximum Gasteiger partial charge on any atom is 0.248 e. The SMILES string of the molecule is CC(C)(CNc1ncc(-c2cccc(C(N)=O)c2)cn1)c1ncccc1F. The van der Waals surface area contributed by atoms with Gasteiger partial charge >= 0.3 is 0 Å². The number of rotatable bonds is 6. The Morgan fingerprint density at radius 1 is 1.11 bits per heavy atom. The molecule has 0 bridgehead atoms. The van der Waals surface area contributed by atoms with E-state index in [-0.39, 0.29) is 5.82 Å². The van der Waals surface area contributed by atoms with E-state index in [0.717, 1.165) is 11.1 Å². The zero-order chi connectivity index (χ0) is 19.4. The minimum Gasteiger partial charge on any atom is -0.366 e. The molecule has 6 nitrogen and oxygen atoms in total. The van der Waals surface area contributed by atoms with Gasteiger partial charge in [-0.1, -0.05) is 26.0 Å². The van der Waals surface area contributed by atoms with Gasteiger partial charge in [0, 0.05) is 41.7 Å². The summed E-state index contributed by atoms with van der Waals surface area (Å²) in [6, 6.07) is 9.92. The van der Waals surface area contributed by atoms with Gasteiger partial charge in [-0.25, -0.2) is 14.4 Å². The number of benzene rings is 1. The number of amides is 1. The van der Waals surface area contributed by atoms with Crippen molar-refractivity contribution in [2.45, 2.75) is 19.3 Å². The third-order valence-corrected chi connectivity index (χ3v) is 4.22. The second-order valence-corrected chi connectivity index (χ2v) is 6.81. The second-order valence-electron chi connectivity index (χ2n) is 6.81. The van der Waals surface area contributed by atoms with Gasteiger partial charge in [-0.3, -0.25) is 9.78 Å². The van der Waals surface area contributed by atoms with Gasteiger partial charge in [0.25, 0.3) is 0 Å². The maximum atomic E-state index is 14.0. The zero-order valence-corrected chi connectivity index (χ0v) is 15.1. The number of nitrogens with two attached hydrogens (primary N) is 1. The molecule has 1 aromatic carbocycles. The molecule has 0 aliphatic heterocycles. The Hall–Kier alpha value is -3.35. The van der Waals surface area contributed by atoms with Crippen molar-refractivity contribution in [3.05, 3.63) is 72.1 Å². The van der Waals surface area contributed by atoms with Gasteiger partial charge in [0.05, 0.1) is 5.69 Å². The van der Waals surface area contributed by atoms with Gasteiger partial charge in [-0.2, -0.15) is 0 Å². The minimum absolute atomic E-state index is 0.338. The Bertz CT molecular complexity index is 957. The summed E-state index contributed by atoms with van der Waals surface area (Å²) in [7, 11) is 0. The number of nitrogens with one attached hydrogen (secondary N) is 1. The smallest absolute Gasteiger partial charge is 0.248 e. The number of anilines is 1. The number of primary amides is 1. The van der Waals surface area contributed by atoms with E-state index in [1.165, 1.54) is 6.07 Å². The molecule has 3 N–H and O–H groups in total. The lowest BCUT2D eigenvalue weighted by molar-refractivity contribution is 0.100. The molecule has 0 fully saturated rings. The molecule has 0 aliphatic rings. The summed E-state index contributed by atoms with van der Waals surface area (Å²) in [5.41, 5.74) is 7.15. The molecule has 1 amide bonds. The molecule has 0 saturated carbocycles. The van der Waals surface area contributed by atoms with Crippen LogP contribution in [0.2, 0.25) is 0 Å². The van der Waals surface area contributed by atoms with E-state index in [2.05, 4.69) is 20.3 Å². The normalized spacial score (nSPS) is 11.2. The number of pyridine rings is 1. The average Bonchev–Trinajstić information content (AvgIpc) is 2.67. The monoisotopic (exact) mass is 365 g/mol. The highest BCUT2D eigenvalue weighted by molar-refractivity contribution is 5.94.